The molecule has 0 radical (unpaired) electrons. The minimum absolute atomic E-state index is 0.177. The van der Waals surface area contributed by atoms with Crippen LogP contribution in [-0.2, 0) is 6.42 Å². The maximum atomic E-state index is 12.9. The van der Waals surface area contributed by atoms with Crippen molar-refractivity contribution in [2.24, 2.45) is 10.9 Å². The number of hydrogen-bond acceptors (Lipinski definition) is 5. The number of aryl methyl sites for hydroxylation is 1. The van der Waals surface area contributed by atoms with E-state index in [0.717, 1.165) is 47.1 Å². The van der Waals surface area contributed by atoms with Gasteiger partial charge < -0.3 is 15.0 Å². The van der Waals surface area contributed by atoms with Gasteiger partial charge >= 0.3 is 12.4 Å². The number of rotatable bonds is 9. The molecule has 3 aromatic carbocycles. The second kappa shape index (κ2) is 14.4. The van der Waals surface area contributed by atoms with Crippen LogP contribution in [0.1, 0.15) is 49.8 Å². The summed E-state index contributed by atoms with van der Waals surface area (Å²) < 4.78 is 42.7. The Kier molecular flexibility index (Phi) is 10.4. The van der Waals surface area contributed by atoms with E-state index in [1.54, 1.807) is 11.8 Å². The molecule has 8 nitrogen and oxygen atoms in total. The molecule has 0 spiro atoms. The van der Waals surface area contributed by atoms with Gasteiger partial charge in [-0.25, -0.2) is 14.5 Å². The van der Waals surface area contributed by atoms with Crippen LogP contribution in [0.3, 0.4) is 0 Å². The Morgan fingerprint density at radius 1 is 1.07 bits per heavy atom. The highest BCUT2D eigenvalue weighted by Crippen LogP contribution is 2.33. The number of carbonyl (C=O) groups excluding carboxylic acids is 1. The summed E-state index contributed by atoms with van der Waals surface area (Å²) in [4.78, 5) is 23.9. The first-order valence-corrected chi connectivity index (χ1v) is 16.2. The fourth-order valence-electron chi connectivity index (χ4n) is 5.22. The van der Waals surface area contributed by atoms with Crippen molar-refractivity contribution >= 4 is 28.6 Å². The standard InChI is InChI=1S/C34H37F3N6O2S/c1-22(2)29-15-6-23(3)19-30(29)42-16-5-17-46-33(42)40-32(44)38-20-24(4)18-25-7-9-26(10-8-25)31-39-21-43(41-31)27-11-13-28(14-12-27)45-34(35,36)37/h6-15,19,21-22,24H,5,16-18,20H2,1-4H3,(H,38,44). The quantitative estimate of drug-likeness (QED) is 0.197. The minimum Gasteiger partial charge on any atom is -0.406 e. The molecule has 0 saturated carbocycles. The third-order valence-corrected chi connectivity index (χ3v) is 8.57. The zero-order valence-electron chi connectivity index (χ0n) is 26.2. The number of carbonyl (C=O) groups is 1. The molecule has 46 heavy (non-hydrogen) atoms. The molecule has 5 rings (SSSR count). The van der Waals surface area contributed by atoms with Gasteiger partial charge in [-0.05, 0) is 78.6 Å². The van der Waals surface area contributed by atoms with Crippen molar-refractivity contribution in [3.8, 4) is 22.8 Å². The van der Waals surface area contributed by atoms with Crippen molar-refractivity contribution in [1.82, 2.24) is 20.1 Å². The molecule has 1 aromatic heterocycles. The minimum atomic E-state index is -4.74. The number of amides is 2. The first-order valence-electron chi connectivity index (χ1n) is 15.2. The average molecular weight is 651 g/mol. The third-order valence-electron chi connectivity index (χ3n) is 7.51. The van der Waals surface area contributed by atoms with Gasteiger partial charge in [-0.2, -0.15) is 4.99 Å². The van der Waals surface area contributed by atoms with Gasteiger partial charge in [0, 0.05) is 30.1 Å². The van der Waals surface area contributed by atoms with E-state index < -0.39 is 6.36 Å². The molecule has 1 fully saturated rings. The topological polar surface area (TPSA) is 84.6 Å². The summed E-state index contributed by atoms with van der Waals surface area (Å²) in [6.07, 6.45) is -1.45. The fraction of sp³-hybridized carbons (Fsp3) is 0.353. The van der Waals surface area contributed by atoms with Crippen molar-refractivity contribution in [2.75, 3.05) is 23.7 Å². The molecule has 0 bridgehead atoms. The average Bonchev–Trinajstić information content (AvgIpc) is 3.51. The Labute approximate surface area is 271 Å². The van der Waals surface area contributed by atoms with Crippen LogP contribution in [0, 0.1) is 12.8 Å². The van der Waals surface area contributed by atoms with Crippen molar-refractivity contribution in [1.29, 1.82) is 0 Å². The molecule has 1 saturated heterocycles. The largest absolute Gasteiger partial charge is 0.573 e. The van der Waals surface area contributed by atoms with Crippen molar-refractivity contribution in [3.63, 3.8) is 0 Å². The highest BCUT2D eigenvalue weighted by Gasteiger charge is 2.31. The molecule has 1 atom stereocenters. The van der Waals surface area contributed by atoms with Crippen LogP contribution < -0.4 is 15.0 Å². The molecule has 242 valence electrons. The van der Waals surface area contributed by atoms with E-state index in [1.807, 2.05) is 24.3 Å². The number of urea groups is 1. The normalized spacial score (nSPS) is 15.3. The Bertz CT molecular complexity index is 1670. The van der Waals surface area contributed by atoms with E-state index in [1.165, 1.54) is 46.4 Å². The molecule has 1 aliphatic rings. The molecule has 1 aliphatic heterocycles. The zero-order valence-corrected chi connectivity index (χ0v) is 27.0. The SMILES string of the molecule is Cc1ccc(C(C)C)c(N2CCCSC2=NC(=O)NCC(C)Cc2ccc(-c3ncn(-c4ccc(OC(F)(F)F)cc4)n3)cc2)c1. The zero-order chi connectivity index (χ0) is 32.8. The monoisotopic (exact) mass is 650 g/mol. The molecule has 4 aromatic rings. The lowest BCUT2D eigenvalue weighted by molar-refractivity contribution is -0.274. The van der Waals surface area contributed by atoms with E-state index in [4.69, 9.17) is 0 Å². The smallest absolute Gasteiger partial charge is 0.406 e. The number of benzene rings is 3. The molecular weight excluding hydrogens is 613 g/mol. The summed E-state index contributed by atoms with van der Waals surface area (Å²) in [5, 5.41) is 8.19. The van der Waals surface area contributed by atoms with E-state index in [2.05, 4.69) is 75.9 Å². The number of alkyl halides is 3. The predicted octanol–water partition coefficient (Wildman–Crippen LogP) is 8.15. The molecule has 2 amide bonds. The maximum absolute atomic E-state index is 12.9. The van der Waals surface area contributed by atoms with Gasteiger partial charge in [-0.3, -0.25) is 0 Å². The van der Waals surface area contributed by atoms with Crippen LogP contribution in [-0.4, -0.2) is 51.2 Å². The second-order valence-corrected chi connectivity index (χ2v) is 12.8. The molecule has 0 aliphatic carbocycles. The third kappa shape index (κ3) is 8.68. The van der Waals surface area contributed by atoms with Gasteiger partial charge in [0.2, 0.25) is 0 Å². The maximum Gasteiger partial charge on any atom is 0.573 e. The van der Waals surface area contributed by atoms with Gasteiger partial charge in [0.05, 0.1) is 5.69 Å². The number of aliphatic imine (C=N–C) groups is 1. The number of halogens is 3. The first-order chi connectivity index (χ1) is 21.9. The van der Waals surface area contributed by atoms with E-state index in [-0.39, 0.29) is 17.7 Å². The van der Waals surface area contributed by atoms with Crippen LogP contribution in [0.15, 0.2) is 78.0 Å². The van der Waals surface area contributed by atoms with Gasteiger partial charge in [-0.1, -0.05) is 68.9 Å². The van der Waals surface area contributed by atoms with Gasteiger partial charge in [-0.15, -0.1) is 18.3 Å². The lowest BCUT2D eigenvalue weighted by Crippen LogP contribution is -2.37. The molecule has 1 unspecified atom stereocenters. The number of aromatic nitrogens is 3. The Hall–Kier alpha value is -4.32. The van der Waals surface area contributed by atoms with E-state index in [0.29, 0.717) is 24.0 Å². The lowest BCUT2D eigenvalue weighted by Gasteiger charge is -2.32. The number of thioether (sulfide) groups is 1. The van der Waals surface area contributed by atoms with Crippen LogP contribution in [0.25, 0.3) is 17.1 Å². The lowest BCUT2D eigenvalue weighted by atomic mass is 9.98. The molecular formula is C34H37F3N6O2S. The summed E-state index contributed by atoms with van der Waals surface area (Å²) in [5.41, 5.74) is 6.01. The van der Waals surface area contributed by atoms with E-state index in [9.17, 15) is 18.0 Å². The second-order valence-electron chi connectivity index (χ2n) is 11.7. The number of anilines is 1. The number of amidine groups is 1. The number of hydrogen-bond donors (Lipinski definition) is 1. The van der Waals surface area contributed by atoms with Gasteiger partial charge in [0.1, 0.15) is 12.1 Å². The molecule has 1 N–H and O–H groups in total. The summed E-state index contributed by atoms with van der Waals surface area (Å²) in [6, 6.07) is 19.4. The first kappa shape index (κ1) is 33.1. The highest BCUT2D eigenvalue weighted by atomic mass is 32.2. The molecule has 2 heterocycles. The van der Waals surface area contributed by atoms with Gasteiger partial charge in [0.15, 0.2) is 11.0 Å². The summed E-state index contributed by atoms with van der Waals surface area (Å²) >= 11 is 1.62. The number of nitrogens with one attached hydrogen (secondary N) is 1. The fourth-order valence-corrected chi connectivity index (χ4v) is 6.17. The number of nitrogens with zero attached hydrogens (tertiary/aromatic N) is 5. The summed E-state index contributed by atoms with van der Waals surface area (Å²) in [7, 11) is 0. The van der Waals surface area contributed by atoms with Crippen molar-refractivity contribution < 1.29 is 22.7 Å². The summed E-state index contributed by atoms with van der Waals surface area (Å²) in [6.45, 7) is 9.85. The van der Waals surface area contributed by atoms with Crippen molar-refractivity contribution in [2.45, 2.75) is 52.8 Å². The van der Waals surface area contributed by atoms with Crippen LogP contribution in [0.4, 0.5) is 23.7 Å². The van der Waals surface area contributed by atoms with Crippen LogP contribution in [0.2, 0.25) is 0 Å². The predicted molar refractivity (Wildman–Crippen MR) is 177 cm³/mol. The Balaban J connectivity index is 1.16. The van der Waals surface area contributed by atoms with Crippen molar-refractivity contribution in [3.05, 3.63) is 89.7 Å². The van der Waals surface area contributed by atoms with Crippen LogP contribution in [0.5, 0.6) is 5.75 Å². The van der Waals surface area contributed by atoms with Gasteiger partial charge in [0.25, 0.3) is 0 Å². The summed E-state index contributed by atoms with van der Waals surface area (Å²) in [5.74, 6) is 1.65. The Morgan fingerprint density at radius 3 is 2.50 bits per heavy atom. The number of ether oxygens (including phenoxy) is 1. The Morgan fingerprint density at radius 2 is 1.80 bits per heavy atom. The molecule has 12 heteroatoms. The highest BCUT2D eigenvalue weighted by molar-refractivity contribution is 8.14. The van der Waals surface area contributed by atoms with E-state index >= 15 is 0 Å². The van der Waals surface area contributed by atoms with Crippen LogP contribution >= 0.6 is 11.8 Å².